The first kappa shape index (κ1) is 26.1. The number of aliphatic imine (C=N–C) groups is 1. The van der Waals surface area contributed by atoms with Gasteiger partial charge in [0.2, 0.25) is 0 Å². The van der Waals surface area contributed by atoms with Crippen molar-refractivity contribution in [2.45, 2.75) is 30.2 Å². The SMILES string of the molecule is CN=C(NCCS(=O)(=O)c1ccccc1F)NC1CCN(CCCOC)CC1.I. The molecule has 7 nitrogen and oxygen atoms in total. The summed E-state index contributed by atoms with van der Waals surface area (Å²) in [6, 6.07) is 5.74. The first-order chi connectivity index (χ1) is 13.5. The molecule has 1 aromatic rings. The van der Waals surface area contributed by atoms with Gasteiger partial charge >= 0.3 is 0 Å². The van der Waals surface area contributed by atoms with E-state index in [1.807, 2.05) is 0 Å². The van der Waals surface area contributed by atoms with Crippen LogP contribution < -0.4 is 10.6 Å². The third kappa shape index (κ3) is 8.73. The molecule has 2 rings (SSSR count). The molecule has 1 aliphatic heterocycles. The van der Waals surface area contributed by atoms with Gasteiger partial charge in [0, 0.05) is 53.0 Å². The maximum absolute atomic E-state index is 13.7. The molecule has 0 aliphatic carbocycles. The Bertz CT molecular complexity index is 741. The molecule has 1 aliphatic rings. The van der Waals surface area contributed by atoms with Crippen LogP contribution in [0.3, 0.4) is 0 Å². The summed E-state index contributed by atoms with van der Waals surface area (Å²) in [5, 5.41) is 6.37. The number of rotatable bonds is 9. The number of ether oxygens (including phenoxy) is 1. The molecule has 0 atom stereocenters. The molecule has 0 aromatic heterocycles. The smallest absolute Gasteiger partial charge is 0.191 e. The third-order valence-corrected chi connectivity index (χ3v) is 6.55. The second-order valence-corrected chi connectivity index (χ2v) is 8.93. The number of sulfone groups is 1. The van der Waals surface area contributed by atoms with E-state index in [0.717, 1.165) is 51.6 Å². The van der Waals surface area contributed by atoms with Crippen molar-refractivity contribution >= 4 is 39.8 Å². The van der Waals surface area contributed by atoms with Crippen molar-refractivity contribution in [1.82, 2.24) is 15.5 Å². The average Bonchev–Trinajstić information content (AvgIpc) is 2.68. The Hall–Kier alpha value is -0.980. The Kier molecular flexibility index (Phi) is 12.0. The summed E-state index contributed by atoms with van der Waals surface area (Å²) in [5.41, 5.74) is 0. The number of benzene rings is 1. The van der Waals surface area contributed by atoms with Gasteiger partial charge in [-0.15, -0.1) is 24.0 Å². The van der Waals surface area contributed by atoms with Crippen LogP contribution in [0.4, 0.5) is 4.39 Å². The number of hydrogen-bond donors (Lipinski definition) is 2. The molecule has 0 unspecified atom stereocenters. The predicted molar refractivity (Wildman–Crippen MR) is 124 cm³/mol. The highest BCUT2D eigenvalue weighted by Gasteiger charge is 2.21. The average molecular weight is 542 g/mol. The zero-order chi connectivity index (χ0) is 20.4. The largest absolute Gasteiger partial charge is 0.385 e. The number of guanidine groups is 1. The summed E-state index contributed by atoms with van der Waals surface area (Å²) in [6.45, 7) is 4.01. The van der Waals surface area contributed by atoms with Crippen molar-refractivity contribution < 1.29 is 17.5 Å². The van der Waals surface area contributed by atoms with E-state index in [1.165, 1.54) is 18.2 Å². The zero-order valence-corrected chi connectivity index (χ0v) is 20.2. The molecule has 0 amide bonds. The summed E-state index contributed by atoms with van der Waals surface area (Å²) < 4.78 is 43.4. The van der Waals surface area contributed by atoms with Gasteiger partial charge in [-0.05, 0) is 31.4 Å². The lowest BCUT2D eigenvalue weighted by atomic mass is 10.1. The molecule has 10 heteroatoms. The number of piperidine rings is 1. The molecule has 2 N–H and O–H groups in total. The van der Waals surface area contributed by atoms with Crippen LogP contribution >= 0.6 is 24.0 Å². The van der Waals surface area contributed by atoms with Crippen LogP contribution in [-0.2, 0) is 14.6 Å². The first-order valence-corrected chi connectivity index (χ1v) is 11.3. The van der Waals surface area contributed by atoms with Crippen LogP contribution in [0.1, 0.15) is 19.3 Å². The topological polar surface area (TPSA) is 83.0 Å². The van der Waals surface area contributed by atoms with E-state index < -0.39 is 15.7 Å². The van der Waals surface area contributed by atoms with Crippen LogP contribution in [-0.4, -0.2) is 78.0 Å². The molecular formula is C19H32FIN4O3S. The lowest BCUT2D eigenvalue weighted by Gasteiger charge is -2.33. The fourth-order valence-electron chi connectivity index (χ4n) is 3.23. The summed E-state index contributed by atoms with van der Waals surface area (Å²) in [4.78, 5) is 6.33. The quantitative estimate of drug-likeness (QED) is 0.215. The van der Waals surface area contributed by atoms with Gasteiger partial charge in [-0.1, -0.05) is 12.1 Å². The first-order valence-electron chi connectivity index (χ1n) is 9.62. The van der Waals surface area contributed by atoms with Crippen LogP contribution in [0.2, 0.25) is 0 Å². The Balaban J connectivity index is 0.00000420. The Labute approximate surface area is 190 Å². The fourth-order valence-corrected chi connectivity index (χ4v) is 4.47. The Morgan fingerprint density at radius 3 is 2.62 bits per heavy atom. The lowest BCUT2D eigenvalue weighted by molar-refractivity contribution is 0.155. The van der Waals surface area contributed by atoms with E-state index in [0.29, 0.717) is 12.0 Å². The standard InChI is InChI=1S/C19H31FN4O3S.HI/c1-21-19(23-16-8-12-24(13-9-16)11-5-14-27-2)22-10-15-28(25,26)18-7-4-3-6-17(18)20;/h3-4,6-7,16H,5,8-15H2,1-2H3,(H2,21,22,23);1H. The minimum atomic E-state index is -3.68. The second kappa shape index (κ2) is 13.3. The van der Waals surface area contributed by atoms with Crippen LogP contribution in [0.15, 0.2) is 34.2 Å². The number of hydrogen-bond acceptors (Lipinski definition) is 5. The van der Waals surface area contributed by atoms with Gasteiger partial charge < -0.3 is 20.3 Å². The van der Waals surface area contributed by atoms with E-state index >= 15 is 0 Å². The molecule has 166 valence electrons. The van der Waals surface area contributed by atoms with Gasteiger partial charge in [0.15, 0.2) is 15.8 Å². The maximum atomic E-state index is 13.7. The molecule has 0 bridgehead atoms. The van der Waals surface area contributed by atoms with Crippen molar-refractivity contribution in [2.24, 2.45) is 4.99 Å². The molecule has 29 heavy (non-hydrogen) atoms. The molecule has 0 radical (unpaired) electrons. The van der Waals surface area contributed by atoms with Crippen LogP contribution in [0.25, 0.3) is 0 Å². The van der Waals surface area contributed by atoms with Crippen molar-refractivity contribution in [2.75, 3.05) is 52.7 Å². The number of likely N-dealkylation sites (tertiary alicyclic amines) is 1. The highest BCUT2D eigenvalue weighted by Crippen LogP contribution is 2.15. The lowest BCUT2D eigenvalue weighted by Crippen LogP contribution is -2.49. The highest BCUT2D eigenvalue weighted by molar-refractivity contribution is 14.0. The molecular weight excluding hydrogens is 510 g/mol. The third-order valence-electron chi connectivity index (χ3n) is 4.81. The molecule has 1 aromatic carbocycles. The van der Waals surface area contributed by atoms with Gasteiger partial charge in [-0.3, -0.25) is 4.99 Å². The van der Waals surface area contributed by atoms with Crippen molar-refractivity contribution in [3.63, 3.8) is 0 Å². The molecule has 0 saturated carbocycles. The van der Waals surface area contributed by atoms with Crippen molar-refractivity contribution in [3.05, 3.63) is 30.1 Å². The fraction of sp³-hybridized carbons (Fsp3) is 0.632. The summed E-state index contributed by atoms with van der Waals surface area (Å²) in [6.07, 6.45) is 3.04. The maximum Gasteiger partial charge on any atom is 0.191 e. The minimum Gasteiger partial charge on any atom is -0.385 e. The zero-order valence-electron chi connectivity index (χ0n) is 17.1. The predicted octanol–water partition coefficient (Wildman–Crippen LogP) is 1.88. The van der Waals surface area contributed by atoms with E-state index in [9.17, 15) is 12.8 Å². The van der Waals surface area contributed by atoms with Gasteiger partial charge in [0.05, 0.1) is 5.75 Å². The summed E-state index contributed by atoms with van der Waals surface area (Å²) in [5.74, 6) is -0.351. The molecule has 1 saturated heterocycles. The molecule has 0 spiro atoms. The number of halogens is 2. The van der Waals surface area contributed by atoms with Gasteiger partial charge in [-0.2, -0.15) is 0 Å². The van der Waals surface area contributed by atoms with Crippen LogP contribution in [0, 0.1) is 5.82 Å². The molecule has 1 heterocycles. The van der Waals surface area contributed by atoms with Gasteiger partial charge in [0.1, 0.15) is 10.7 Å². The summed E-state index contributed by atoms with van der Waals surface area (Å²) >= 11 is 0. The van der Waals surface area contributed by atoms with E-state index in [1.54, 1.807) is 14.2 Å². The van der Waals surface area contributed by atoms with Crippen molar-refractivity contribution in [3.8, 4) is 0 Å². The van der Waals surface area contributed by atoms with Gasteiger partial charge in [-0.25, -0.2) is 12.8 Å². The van der Waals surface area contributed by atoms with Gasteiger partial charge in [0.25, 0.3) is 0 Å². The number of methoxy groups -OCH3 is 1. The highest BCUT2D eigenvalue weighted by atomic mass is 127. The molecule has 1 fully saturated rings. The second-order valence-electron chi connectivity index (χ2n) is 6.85. The van der Waals surface area contributed by atoms with E-state index in [-0.39, 0.29) is 41.2 Å². The van der Waals surface area contributed by atoms with E-state index in [4.69, 9.17) is 4.74 Å². The number of nitrogens with one attached hydrogen (secondary N) is 2. The van der Waals surface area contributed by atoms with Crippen molar-refractivity contribution in [1.29, 1.82) is 0 Å². The Morgan fingerprint density at radius 2 is 2.00 bits per heavy atom. The van der Waals surface area contributed by atoms with E-state index in [2.05, 4.69) is 20.5 Å². The Morgan fingerprint density at radius 1 is 1.31 bits per heavy atom. The number of nitrogens with zero attached hydrogens (tertiary/aromatic N) is 2. The normalized spacial score (nSPS) is 16.3. The minimum absolute atomic E-state index is 0. The van der Waals surface area contributed by atoms with Crippen LogP contribution in [0.5, 0.6) is 0 Å². The monoisotopic (exact) mass is 542 g/mol. The summed E-state index contributed by atoms with van der Waals surface area (Å²) in [7, 11) is -0.312.